The number of ether oxygens (including phenoxy) is 5. The van der Waals surface area contributed by atoms with Gasteiger partial charge in [-0.05, 0) is 11.6 Å². The van der Waals surface area contributed by atoms with Gasteiger partial charge in [0.15, 0.2) is 12.0 Å². The van der Waals surface area contributed by atoms with Crippen LogP contribution in [0.25, 0.3) is 0 Å². The van der Waals surface area contributed by atoms with Crippen LogP contribution in [-0.2, 0) is 30.3 Å². The maximum Gasteiger partial charge on any atom is 0.216 e. The first-order valence-electron chi connectivity index (χ1n) is 8.72. The molecule has 136 valence electrons. The number of fused-ring (bicyclic) bond motifs is 1. The van der Waals surface area contributed by atoms with Crippen LogP contribution in [0, 0.1) is 0 Å². The highest BCUT2D eigenvalue weighted by atomic mass is 16.7. The van der Waals surface area contributed by atoms with E-state index < -0.39 is 12.6 Å². The lowest BCUT2D eigenvalue weighted by atomic mass is 10.1. The minimum Gasteiger partial charge on any atom is -0.488 e. The molecule has 1 unspecified atom stereocenters. The zero-order valence-electron chi connectivity index (χ0n) is 14.6. The van der Waals surface area contributed by atoms with Crippen LogP contribution in [-0.4, -0.2) is 32.2 Å². The second-order valence-electron chi connectivity index (χ2n) is 6.26. The van der Waals surface area contributed by atoms with Crippen LogP contribution >= 0.6 is 0 Å². The fourth-order valence-electron chi connectivity index (χ4n) is 3.09. The highest BCUT2D eigenvalue weighted by Gasteiger charge is 2.39. The van der Waals surface area contributed by atoms with Crippen molar-refractivity contribution in [2.75, 3.05) is 13.7 Å². The Bertz CT molecular complexity index is 731. The summed E-state index contributed by atoms with van der Waals surface area (Å²) in [6, 6.07) is 19.9. The standard InChI is InChI=1S/C21H22O5/c1-22-21-18(23-13-15-8-4-2-5-9-15)12-17-19(26-21)14-24-20(25-17)16-10-6-3-7-11-16/h2-12,17,19-21H,13-14H2,1H3/t17-,19+,20?,21-/m0/s1. The Kier molecular flexibility index (Phi) is 5.32. The van der Waals surface area contributed by atoms with E-state index >= 15 is 0 Å². The number of hydrogen-bond donors (Lipinski definition) is 0. The van der Waals surface area contributed by atoms with Crippen LogP contribution < -0.4 is 0 Å². The molecule has 5 nitrogen and oxygen atoms in total. The van der Waals surface area contributed by atoms with E-state index in [1.165, 1.54) is 0 Å². The summed E-state index contributed by atoms with van der Waals surface area (Å²) in [4.78, 5) is 0. The molecule has 0 bridgehead atoms. The summed E-state index contributed by atoms with van der Waals surface area (Å²) in [6.45, 7) is 0.887. The molecule has 2 aromatic rings. The van der Waals surface area contributed by atoms with Gasteiger partial charge in [0.1, 0.15) is 18.8 Å². The van der Waals surface area contributed by atoms with E-state index in [9.17, 15) is 0 Å². The average Bonchev–Trinajstić information content (AvgIpc) is 2.72. The van der Waals surface area contributed by atoms with Gasteiger partial charge in [-0.25, -0.2) is 0 Å². The maximum atomic E-state index is 6.09. The highest BCUT2D eigenvalue weighted by Crippen LogP contribution is 2.33. The molecule has 1 fully saturated rings. The molecule has 1 saturated heterocycles. The maximum absolute atomic E-state index is 6.09. The van der Waals surface area contributed by atoms with E-state index in [1.54, 1.807) is 7.11 Å². The van der Waals surface area contributed by atoms with Crippen LogP contribution in [0.4, 0.5) is 0 Å². The lowest BCUT2D eigenvalue weighted by Gasteiger charge is -2.40. The molecule has 4 rings (SSSR count). The summed E-state index contributed by atoms with van der Waals surface area (Å²) in [7, 11) is 1.60. The van der Waals surface area contributed by atoms with Crippen molar-refractivity contribution in [1.82, 2.24) is 0 Å². The zero-order chi connectivity index (χ0) is 17.8. The normalized spacial score (nSPS) is 28.1. The van der Waals surface area contributed by atoms with Gasteiger partial charge >= 0.3 is 0 Å². The Morgan fingerprint density at radius 2 is 1.69 bits per heavy atom. The summed E-state index contributed by atoms with van der Waals surface area (Å²) in [5.74, 6) is 0.631. The van der Waals surface area contributed by atoms with Gasteiger partial charge in [0.25, 0.3) is 0 Å². The summed E-state index contributed by atoms with van der Waals surface area (Å²) < 4.78 is 29.2. The molecule has 0 radical (unpaired) electrons. The molecular weight excluding hydrogens is 332 g/mol. The Morgan fingerprint density at radius 3 is 2.42 bits per heavy atom. The second-order valence-corrected chi connectivity index (χ2v) is 6.26. The molecule has 0 N–H and O–H groups in total. The van der Waals surface area contributed by atoms with Gasteiger partial charge in [-0.3, -0.25) is 0 Å². The molecule has 0 spiro atoms. The van der Waals surface area contributed by atoms with Gasteiger partial charge in [-0.15, -0.1) is 0 Å². The molecule has 0 aliphatic carbocycles. The molecule has 2 aliphatic heterocycles. The van der Waals surface area contributed by atoms with Gasteiger partial charge < -0.3 is 23.7 Å². The minimum atomic E-state index is -0.555. The Labute approximate surface area is 153 Å². The first kappa shape index (κ1) is 17.2. The largest absolute Gasteiger partial charge is 0.488 e. The van der Waals surface area contributed by atoms with Gasteiger partial charge in [0.05, 0.1) is 6.61 Å². The monoisotopic (exact) mass is 354 g/mol. The third kappa shape index (κ3) is 3.81. The number of methoxy groups -OCH3 is 1. The van der Waals surface area contributed by atoms with Crippen LogP contribution in [0.15, 0.2) is 72.5 Å². The van der Waals surface area contributed by atoms with Crippen LogP contribution in [0.3, 0.4) is 0 Å². The summed E-state index contributed by atoms with van der Waals surface area (Å²) in [6.07, 6.45) is 0.520. The van der Waals surface area contributed by atoms with Crippen LogP contribution in [0.1, 0.15) is 17.4 Å². The van der Waals surface area contributed by atoms with Crippen LogP contribution in [0.5, 0.6) is 0 Å². The molecule has 2 aliphatic rings. The van der Waals surface area contributed by atoms with Crippen molar-refractivity contribution >= 4 is 0 Å². The lowest BCUT2D eigenvalue weighted by Crippen LogP contribution is -2.47. The van der Waals surface area contributed by atoms with Crippen molar-refractivity contribution in [3.05, 3.63) is 83.6 Å². The third-order valence-corrected chi connectivity index (χ3v) is 4.45. The Balaban J connectivity index is 1.48. The molecular formula is C21H22O5. The van der Waals surface area contributed by atoms with Crippen molar-refractivity contribution in [2.45, 2.75) is 31.4 Å². The lowest BCUT2D eigenvalue weighted by molar-refractivity contribution is -0.289. The second kappa shape index (κ2) is 8.01. The molecule has 2 heterocycles. The predicted octanol–water partition coefficient (Wildman–Crippen LogP) is 3.57. The zero-order valence-corrected chi connectivity index (χ0v) is 14.6. The molecule has 4 atom stereocenters. The van der Waals surface area contributed by atoms with E-state index in [4.69, 9.17) is 23.7 Å². The molecule has 5 heteroatoms. The van der Waals surface area contributed by atoms with E-state index in [2.05, 4.69) is 0 Å². The minimum absolute atomic E-state index is 0.219. The SMILES string of the molecule is CO[C@H]1O[C@@H]2COC(c3ccccc3)O[C@H]2C=C1OCc1ccccc1. The average molecular weight is 354 g/mol. The Morgan fingerprint density at radius 1 is 0.962 bits per heavy atom. The van der Waals surface area contributed by atoms with E-state index in [-0.39, 0.29) is 12.2 Å². The summed E-state index contributed by atoms with van der Waals surface area (Å²) >= 11 is 0. The van der Waals surface area contributed by atoms with E-state index in [0.717, 1.165) is 11.1 Å². The molecule has 26 heavy (non-hydrogen) atoms. The first-order valence-corrected chi connectivity index (χ1v) is 8.72. The highest BCUT2D eigenvalue weighted by molar-refractivity contribution is 5.18. The number of rotatable bonds is 5. The third-order valence-electron chi connectivity index (χ3n) is 4.45. The van der Waals surface area contributed by atoms with E-state index in [0.29, 0.717) is 19.0 Å². The van der Waals surface area contributed by atoms with Crippen LogP contribution in [0.2, 0.25) is 0 Å². The molecule has 0 amide bonds. The fraction of sp³-hybridized carbons (Fsp3) is 0.333. The topological polar surface area (TPSA) is 46.2 Å². The summed E-state index contributed by atoms with van der Waals surface area (Å²) in [5.41, 5.74) is 2.07. The first-order chi connectivity index (χ1) is 12.8. The summed E-state index contributed by atoms with van der Waals surface area (Å²) in [5, 5.41) is 0. The molecule has 0 aromatic heterocycles. The van der Waals surface area contributed by atoms with Gasteiger partial charge in [-0.2, -0.15) is 0 Å². The quantitative estimate of drug-likeness (QED) is 0.821. The van der Waals surface area contributed by atoms with Crippen molar-refractivity contribution < 1.29 is 23.7 Å². The van der Waals surface area contributed by atoms with E-state index in [1.807, 2.05) is 66.7 Å². The van der Waals surface area contributed by atoms with Crippen molar-refractivity contribution in [2.24, 2.45) is 0 Å². The number of hydrogen-bond acceptors (Lipinski definition) is 5. The van der Waals surface area contributed by atoms with Gasteiger partial charge in [0.2, 0.25) is 6.29 Å². The fourth-order valence-corrected chi connectivity index (χ4v) is 3.09. The van der Waals surface area contributed by atoms with Crippen molar-refractivity contribution in [3.63, 3.8) is 0 Å². The molecule has 2 aromatic carbocycles. The van der Waals surface area contributed by atoms with Gasteiger partial charge in [-0.1, -0.05) is 60.7 Å². The Hall–Kier alpha value is -2.18. The molecule has 0 saturated carbocycles. The van der Waals surface area contributed by atoms with Crippen molar-refractivity contribution in [1.29, 1.82) is 0 Å². The van der Waals surface area contributed by atoms with Gasteiger partial charge in [0, 0.05) is 12.7 Å². The van der Waals surface area contributed by atoms with Crippen molar-refractivity contribution in [3.8, 4) is 0 Å². The number of benzene rings is 2. The smallest absolute Gasteiger partial charge is 0.216 e. The predicted molar refractivity (Wildman–Crippen MR) is 95.0 cm³/mol.